The fourth-order valence-electron chi connectivity index (χ4n) is 2.39. The van der Waals surface area contributed by atoms with Crippen molar-refractivity contribution in [1.82, 2.24) is 4.90 Å². The Kier molecular flexibility index (Phi) is 10.7. The van der Waals surface area contributed by atoms with E-state index < -0.39 is 6.09 Å². The van der Waals surface area contributed by atoms with E-state index in [1.165, 1.54) is 12.0 Å². The van der Waals surface area contributed by atoms with Crippen molar-refractivity contribution in [2.24, 2.45) is 11.3 Å². The third-order valence-corrected chi connectivity index (χ3v) is 4.11. The third kappa shape index (κ3) is 10.5. The Hall–Kier alpha value is -1.30. The zero-order valence-corrected chi connectivity index (χ0v) is 16.1. The van der Waals surface area contributed by atoms with E-state index in [1.807, 2.05) is 6.92 Å². The van der Waals surface area contributed by atoms with E-state index in [0.29, 0.717) is 13.1 Å². The van der Waals surface area contributed by atoms with Gasteiger partial charge in [-0.1, -0.05) is 27.7 Å². The van der Waals surface area contributed by atoms with Gasteiger partial charge in [-0.3, -0.25) is 0 Å². The van der Waals surface area contributed by atoms with Gasteiger partial charge in [-0.2, -0.15) is 0 Å². The van der Waals surface area contributed by atoms with Crippen LogP contribution < -0.4 is 0 Å². The summed E-state index contributed by atoms with van der Waals surface area (Å²) in [5.41, 5.74) is 0.162. The average molecular weight is 345 g/mol. The molecule has 0 aromatic carbocycles. The Morgan fingerprint density at radius 1 is 1.17 bits per heavy atom. The number of ether oxygens (including phenoxy) is 2. The number of amides is 1. The lowest BCUT2D eigenvalue weighted by Crippen LogP contribution is -2.41. The second-order valence-electron chi connectivity index (χ2n) is 7.55. The highest BCUT2D eigenvalue weighted by molar-refractivity contribution is 5.70. The van der Waals surface area contributed by atoms with Gasteiger partial charge in [-0.25, -0.2) is 9.59 Å². The van der Waals surface area contributed by atoms with Crippen molar-refractivity contribution in [2.45, 2.75) is 66.4 Å². The van der Waals surface area contributed by atoms with Crippen molar-refractivity contribution >= 4 is 12.1 Å². The Morgan fingerprint density at radius 2 is 1.67 bits per heavy atom. The highest BCUT2D eigenvalue weighted by atomic mass is 16.6. The van der Waals surface area contributed by atoms with Gasteiger partial charge < -0.3 is 19.5 Å². The number of hydrogen-bond acceptors (Lipinski definition) is 4. The van der Waals surface area contributed by atoms with E-state index in [9.17, 15) is 9.59 Å². The van der Waals surface area contributed by atoms with E-state index in [1.54, 1.807) is 0 Å². The van der Waals surface area contributed by atoms with Crippen LogP contribution in [0.3, 0.4) is 0 Å². The van der Waals surface area contributed by atoms with E-state index in [-0.39, 0.29) is 24.1 Å². The average Bonchev–Trinajstić information content (AvgIpc) is 2.50. The summed E-state index contributed by atoms with van der Waals surface area (Å²) in [6.45, 7) is 11.8. The zero-order chi connectivity index (χ0) is 18.8. The number of likely N-dealkylation sites (tertiary alicyclic amines) is 1. The highest BCUT2D eigenvalue weighted by Gasteiger charge is 2.31. The normalized spacial score (nSPS) is 17.7. The fourth-order valence-corrected chi connectivity index (χ4v) is 2.39. The van der Waals surface area contributed by atoms with Gasteiger partial charge in [0.05, 0.1) is 13.2 Å². The monoisotopic (exact) mass is 345 g/mol. The molecule has 0 spiro atoms. The molecule has 0 bridgehead atoms. The van der Waals surface area contributed by atoms with Crippen molar-refractivity contribution in [3.05, 3.63) is 0 Å². The summed E-state index contributed by atoms with van der Waals surface area (Å²) in [4.78, 5) is 23.3. The molecule has 1 unspecified atom stereocenters. The van der Waals surface area contributed by atoms with Crippen LogP contribution in [0.5, 0.6) is 0 Å². The smallest absolute Gasteiger partial charge is 0.407 e. The minimum absolute atomic E-state index is 0.00317. The molecule has 6 heteroatoms. The summed E-state index contributed by atoms with van der Waals surface area (Å²) in [5.74, 6) is 0.470. The van der Waals surface area contributed by atoms with Crippen molar-refractivity contribution in [1.29, 1.82) is 0 Å². The van der Waals surface area contributed by atoms with Crippen LogP contribution in [-0.2, 0) is 14.3 Å². The lowest BCUT2D eigenvalue weighted by atomic mass is 9.76. The third-order valence-electron chi connectivity index (χ3n) is 4.11. The molecule has 0 saturated carbocycles. The number of methoxy groups -OCH3 is 1. The first-order valence-corrected chi connectivity index (χ1v) is 8.76. The molecule has 1 saturated heterocycles. The molecular weight excluding hydrogens is 310 g/mol. The first-order valence-electron chi connectivity index (χ1n) is 8.76. The fraction of sp³-hybridized carbons (Fsp3) is 0.889. The Labute approximate surface area is 146 Å². The molecule has 1 rings (SSSR count). The summed E-state index contributed by atoms with van der Waals surface area (Å²) in [6, 6.07) is 0. The second-order valence-corrected chi connectivity index (χ2v) is 7.55. The predicted molar refractivity (Wildman–Crippen MR) is 94.1 cm³/mol. The highest BCUT2D eigenvalue weighted by Crippen LogP contribution is 2.36. The van der Waals surface area contributed by atoms with Gasteiger partial charge in [-0.15, -0.1) is 0 Å². The molecule has 24 heavy (non-hydrogen) atoms. The lowest BCUT2D eigenvalue weighted by Gasteiger charge is -2.38. The minimum Gasteiger partial charge on any atom is -0.467 e. The van der Waals surface area contributed by atoms with Gasteiger partial charge >= 0.3 is 12.1 Å². The molecule has 1 aliphatic heterocycles. The topological polar surface area (TPSA) is 76.1 Å². The van der Waals surface area contributed by atoms with E-state index >= 15 is 0 Å². The molecule has 0 radical (unpaired) electrons. The maximum Gasteiger partial charge on any atom is 0.407 e. The number of carbonyl (C=O) groups excluding carboxylic acids is 1. The summed E-state index contributed by atoms with van der Waals surface area (Å²) in [6.07, 6.45) is 2.76. The molecule has 0 aromatic rings. The quantitative estimate of drug-likeness (QED) is 0.741. The van der Waals surface area contributed by atoms with Crippen molar-refractivity contribution in [3.63, 3.8) is 0 Å². The Morgan fingerprint density at radius 3 is 2.08 bits per heavy atom. The van der Waals surface area contributed by atoms with E-state index in [4.69, 9.17) is 9.84 Å². The number of nitrogens with zero attached hydrogens (tertiary/aromatic N) is 1. The predicted octanol–water partition coefficient (Wildman–Crippen LogP) is 3.79. The maximum absolute atomic E-state index is 11.0. The van der Waals surface area contributed by atoms with Gasteiger partial charge in [-0.05, 0) is 43.9 Å². The van der Waals surface area contributed by atoms with Crippen molar-refractivity contribution < 1.29 is 24.2 Å². The van der Waals surface area contributed by atoms with Crippen LogP contribution in [0.1, 0.15) is 60.3 Å². The molecule has 1 atom stereocenters. The van der Waals surface area contributed by atoms with E-state index in [0.717, 1.165) is 31.6 Å². The Bertz CT molecular complexity index is 373. The van der Waals surface area contributed by atoms with Gasteiger partial charge in [0, 0.05) is 13.1 Å². The summed E-state index contributed by atoms with van der Waals surface area (Å²) in [5, 5.41) is 8.93. The zero-order valence-electron chi connectivity index (χ0n) is 16.1. The Balaban J connectivity index is 0.00000118. The van der Waals surface area contributed by atoms with Crippen molar-refractivity contribution in [3.8, 4) is 0 Å². The molecule has 1 amide bonds. The summed E-state index contributed by atoms with van der Waals surface area (Å²) >= 11 is 0. The second kappa shape index (κ2) is 11.3. The van der Waals surface area contributed by atoms with Crippen LogP contribution in [-0.4, -0.2) is 55.0 Å². The van der Waals surface area contributed by atoms with Gasteiger partial charge in [0.25, 0.3) is 0 Å². The van der Waals surface area contributed by atoms with Gasteiger partial charge in [0.2, 0.25) is 0 Å². The molecule has 0 aromatic heterocycles. The van der Waals surface area contributed by atoms with E-state index in [2.05, 4.69) is 32.4 Å². The standard InChI is InChI=1S/C14H25NO5.C4H10/c1-11(20-10-12(16)19-3)4-5-14(2)6-8-15(9-7-14)13(17)18;1-4(2)3/h11H,4-10H2,1-3H3,(H,17,18);4H,1-3H3. The number of carboxylic acid groups (broad SMARTS) is 1. The minimum atomic E-state index is -0.832. The molecule has 142 valence electrons. The number of esters is 1. The lowest BCUT2D eigenvalue weighted by molar-refractivity contribution is -0.147. The first-order chi connectivity index (χ1) is 11.1. The van der Waals surface area contributed by atoms with Crippen LogP contribution in [0.15, 0.2) is 0 Å². The summed E-state index contributed by atoms with van der Waals surface area (Å²) in [7, 11) is 1.34. The van der Waals surface area contributed by atoms with Crippen LogP contribution in [0.4, 0.5) is 4.79 Å². The number of carbonyl (C=O) groups is 2. The SMILES string of the molecule is CC(C)C.COC(=O)COC(C)CCC1(C)CCN(C(=O)O)CC1. The molecule has 6 nitrogen and oxygen atoms in total. The molecule has 1 heterocycles. The first kappa shape index (κ1) is 22.7. The molecule has 1 N–H and O–H groups in total. The molecular formula is C18H35NO5. The molecule has 1 fully saturated rings. The van der Waals surface area contributed by atoms with Crippen LogP contribution >= 0.6 is 0 Å². The molecule has 1 aliphatic rings. The largest absolute Gasteiger partial charge is 0.467 e. The number of piperidine rings is 1. The van der Waals surface area contributed by atoms with Gasteiger partial charge in [0.15, 0.2) is 0 Å². The van der Waals surface area contributed by atoms with Crippen LogP contribution in [0.25, 0.3) is 0 Å². The number of rotatable bonds is 6. The van der Waals surface area contributed by atoms with Crippen LogP contribution in [0.2, 0.25) is 0 Å². The van der Waals surface area contributed by atoms with Crippen LogP contribution in [0, 0.1) is 11.3 Å². The molecule has 0 aliphatic carbocycles. The number of hydrogen-bond donors (Lipinski definition) is 1. The maximum atomic E-state index is 11.0. The van der Waals surface area contributed by atoms with Gasteiger partial charge in [0.1, 0.15) is 6.61 Å². The summed E-state index contributed by atoms with van der Waals surface area (Å²) < 4.78 is 9.94. The van der Waals surface area contributed by atoms with Crippen molar-refractivity contribution in [2.75, 3.05) is 26.8 Å².